The van der Waals surface area contributed by atoms with Crippen molar-refractivity contribution in [3.8, 4) is 0 Å². The molecule has 2 heteroatoms. The second-order valence-corrected chi connectivity index (χ2v) is 6.19. The summed E-state index contributed by atoms with van der Waals surface area (Å²) in [5.74, 6) is 0. The molecule has 1 rings (SSSR count). The van der Waals surface area contributed by atoms with Gasteiger partial charge in [-0.05, 0) is 6.92 Å². The van der Waals surface area contributed by atoms with E-state index in [0.29, 0.717) is 0 Å². The lowest BCUT2D eigenvalue weighted by atomic mass is 9.88. The van der Waals surface area contributed by atoms with Crippen molar-refractivity contribution in [3.63, 3.8) is 0 Å². The molecule has 0 atom stereocenters. The van der Waals surface area contributed by atoms with Crippen LogP contribution in [-0.2, 0) is 10.8 Å². The molecule has 0 amide bonds. The first-order valence-electron chi connectivity index (χ1n) is 5.47. The van der Waals surface area contributed by atoms with Crippen LogP contribution in [-0.4, -0.2) is 9.97 Å². The summed E-state index contributed by atoms with van der Waals surface area (Å²) in [6.07, 6.45) is 1.91. The molecule has 0 unspecified atom stereocenters. The average Bonchev–Trinajstić information content (AvgIpc) is 1.99. The average molecular weight is 206 g/mol. The van der Waals surface area contributed by atoms with Crippen LogP contribution < -0.4 is 0 Å². The summed E-state index contributed by atoms with van der Waals surface area (Å²) in [4.78, 5) is 9.20. The molecule has 15 heavy (non-hydrogen) atoms. The van der Waals surface area contributed by atoms with E-state index in [0.717, 1.165) is 17.1 Å². The van der Waals surface area contributed by atoms with E-state index in [1.54, 1.807) is 0 Å². The van der Waals surface area contributed by atoms with Crippen molar-refractivity contribution in [2.24, 2.45) is 0 Å². The van der Waals surface area contributed by atoms with Crippen molar-refractivity contribution >= 4 is 0 Å². The fourth-order valence-electron chi connectivity index (χ4n) is 1.58. The zero-order chi connectivity index (χ0) is 11.9. The maximum Gasteiger partial charge on any atom is 0.0669 e. The molecule has 0 aromatic carbocycles. The van der Waals surface area contributed by atoms with Gasteiger partial charge in [0.2, 0.25) is 0 Å². The fourth-order valence-corrected chi connectivity index (χ4v) is 1.58. The first-order valence-corrected chi connectivity index (χ1v) is 5.47. The molecule has 0 bridgehead atoms. The third kappa shape index (κ3) is 2.77. The Bertz CT molecular complexity index is 354. The van der Waals surface area contributed by atoms with Gasteiger partial charge in [-0.25, -0.2) is 0 Å². The van der Waals surface area contributed by atoms with Crippen molar-refractivity contribution in [3.05, 3.63) is 23.3 Å². The van der Waals surface area contributed by atoms with E-state index in [4.69, 9.17) is 0 Å². The predicted octanol–water partition coefficient (Wildman–Crippen LogP) is 3.38. The van der Waals surface area contributed by atoms with Crippen LogP contribution in [0.2, 0.25) is 0 Å². The quantitative estimate of drug-likeness (QED) is 0.650. The van der Waals surface area contributed by atoms with Gasteiger partial charge in [-0.15, -0.1) is 0 Å². The van der Waals surface area contributed by atoms with Gasteiger partial charge in [0.15, 0.2) is 0 Å². The van der Waals surface area contributed by atoms with Crippen LogP contribution in [0.25, 0.3) is 0 Å². The molecule has 0 aliphatic carbocycles. The SMILES string of the molecule is Cc1nc(C(C)(C)C)cnc1C(C)(C)C. The highest BCUT2D eigenvalue weighted by atomic mass is 14.8. The Labute approximate surface area is 93.2 Å². The van der Waals surface area contributed by atoms with Gasteiger partial charge in [0.05, 0.1) is 17.1 Å². The van der Waals surface area contributed by atoms with Crippen molar-refractivity contribution in [1.29, 1.82) is 0 Å². The number of hydrogen-bond donors (Lipinski definition) is 0. The Balaban J connectivity index is 3.21. The molecule has 0 aliphatic heterocycles. The van der Waals surface area contributed by atoms with Crippen molar-refractivity contribution in [2.75, 3.05) is 0 Å². The Hall–Kier alpha value is -0.920. The fraction of sp³-hybridized carbons (Fsp3) is 0.692. The Kier molecular flexibility index (Phi) is 2.90. The third-order valence-electron chi connectivity index (χ3n) is 2.43. The van der Waals surface area contributed by atoms with E-state index >= 15 is 0 Å². The minimum Gasteiger partial charge on any atom is -0.257 e. The summed E-state index contributed by atoms with van der Waals surface area (Å²) >= 11 is 0. The maximum absolute atomic E-state index is 4.65. The van der Waals surface area contributed by atoms with Gasteiger partial charge in [0, 0.05) is 17.0 Å². The number of rotatable bonds is 0. The van der Waals surface area contributed by atoms with Gasteiger partial charge in [-0.3, -0.25) is 9.97 Å². The Morgan fingerprint density at radius 3 is 1.80 bits per heavy atom. The van der Waals surface area contributed by atoms with E-state index in [1.807, 2.05) is 13.1 Å². The molecule has 2 nitrogen and oxygen atoms in total. The van der Waals surface area contributed by atoms with Crippen molar-refractivity contribution < 1.29 is 0 Å². The lowest BCUT2D eigenvalue weighted by Gasteiger charge is -2.23. The minimum atomic E-state index is 0.0769. The molecule has 0 saturated carbocycles. The lowest BCUT2D eigenvalue weighted by Crippen LogP contribution is -2.20. The lowest BCUT2D eigenvalue weighted by molar-refractivity contribution is 0.533. The summed E-state index contributed by atoms with van der Waals surface area (Å²) in [6, 6.07) is 0. The topological polar surface area (TPSA) is 25.8 Å². The zero-order valence-corrected chi connectivity index (χ0v) is 11.0. The van der Waals surface area contributed by atoms with Crippen LogP contribution in [0.5, 0.6) is 0 Å². The summed E-state index contributed by atoms with van der Waals surface area (Å²) < 4.78 is 0. The monoisotopic (exact) mass is 206 g/mol. The molecule has 1 heterocycles. The van der Waals surface area contributed by atoms with E-state index in [9.17, 15) is 0 Å². The first-order chi connectivity index (χ1) is 6.62. The number of aryl methyl sites for hydroxylation is 1. The van der Waals surface area contributed by atoms with Crippen molar-refractivity contribution in [2.45, 2.75) is 59.3 Å². The second kappa shape index (κ2) is 3.58. The van der Waals surface area contributed by atoms with Gasteiger partial charge in [-0.2, -0.15) is 0 Å². The van der Waals surface area contributed by atoms with Crippen molar-refractivity contribution in [1.82, 2.24) is 9.97 Å². The highest BCUT2D eigenvalue weighted by molar-refractivity contribution is 5.22. The molecular weight excluding hydrogens is 184 g/mol. The molecule has 84 valence electrons. The first kappa shape index (κ1) is 12.2. The number of hydrogen-bond acceptors (Lipinski definition) is 2. The highest BCUT2D eigenvalue weighted by Gasteiger charge is 2.22. The third-order valence-corrected chi connectivity index (χ3v) is 2.43. The van der Waals surface area contributed by atoms with Gasteiger partial charge in [0.25, 0.3) is 0 Å². The molecule has 1 aromatic heterocycles. The molecule has 0 radical (unpaired) electrons. The second-order valence-electron chi connectivity index (χ2n) is 6.19. The Morgan fingerprint density at radius 2 is 1.47 bits per heavy atom. The smallest absolute Gasteiger partial charge is 0.0669 e. The van der Waals surface area contributed by atoms with Gasteiger partial charge >= 0.3 is 0 Å². The summed E-state index contributed by atoms with van der Waals surface area (Å²) in [7, 11) is 0. The predicted molar refractivity (Wildman–Crippen MR) is 64.2 cm³/mol. The molecule has 0 aliphatic rings. The van der Waals surface area contributed by atoms with E-state index in [2.05, 4.69) is 51.5 Å². The van der Waals surface area contributed by atoms with Gasteiger partial charge in [0.1, 0.15) is 0 Å². The van der Waals surface area contributed by atoms with Crippen LogP contribution >= 0.6 is 0 Å². The summed E-state index contributed by atoms with van der Waals surface area (Å²) in [5, 5.41) is 0. The zero-order valence-electron chi connectivity index (χ0n) is 11.0. The highest BCUT2D eigenvalue weighted by Crippen LogP contribution is 2.25. The summed E-state index contributed by atoms with van der Waals surface area (Å²) in [5.41, 5.74) is 3.36. The summed E-state index contributed by atoms with van der Waals surface area (Å²) in [6.45, 7) is 15.0. The maximum atomic E-state index is 4.65. The normalized spacial score (nSPS) is 13.0. The molecular formula is C13H22N2. The molecule has 0 N–H and O–H groups in total. The molecule has 0 saturated heterocycles. The molecule has 0 fully saturated rings. The van der Waals surface area contributed by atoms with Crippen LogP contribution in [0.3, 0.4) is 0 Å². The van der Waals surface area contributed by atoms with Crippen LogP contribution in [0.4, 0.5) is 0 Å². The largest absolute Gasteiger partial charge is 0.257 e. The van der Waals surface area contributed by atoms with Gasteiger partial charge in [-0.1, -0.05) is 41.5 Å². The number of aromatic nitrogens is 2. The Morgan fingerprint density at radius 1 is 0.933 bits per heavy atom. The van der Waals surface area contributed by atoms with Gasteiger partial charge < -0.3 is 0 Å². The van der Waals surface area contributed by atoms with E-state index in [-0.39, 0.29) is 10.8 Å². The van der Waals surface area contributed by atoms with Crippen LogP contribution in [0.15, 0.2) is 6.20 Å². The standard InChI is InChI=1S/C13H22N2/c1-9-11(13(5,6)7)14-8-10(15-9)12(2,3)4/h8H,1-7H3. The van der Waals surface area contributed by atoms with Crippen LogP contribution in [0.1, 0.15) is 58.6 Å². The van der Waals surface area contributed by atoms with Crippen LogP contribution in [0, 0.1) is 6.92 Å². The molecule has 0 spiro atoms. The van der Waals surface area contributed by atoms with E-state index < -0.39 is 0 Å². The number of nitrogens with zero attached hydrogens (tertiary/aromatic N) is 2. The molecule has 1 aromatic rings. The minimum absolute atomic E-state index is 0.0769. The van der Waals surface area contributed by atoms with E-state index in [1.165, 1.54) is 0 Å².